The molecule has 1 heterocycles. The number of hydrogen-bond donors (Lipinski definition) is 1. The first-order chi connectivity index (χ1) is 12.0. The molecule has 2 N–H and O–H groups in total. The zero-order valence-electron chi connectivity index (χ0n) is 14.0. The van der Waals surface area contributed by atoms with Crippen LogP contribution in [0.3, 0.4) is 0 Å². The smallest absolute Gasteiger partial charge is 0.272 e. The highest BCUT2D eigenvalue weighted by atomic mass is 16.1. The molecule has 0 unspecified atom stereocenters. The molecule has 4 rings (SSSR count). The lowest BCUT2D eigenvalue weighted by Gasteiger charge is -2.13. The van der Waals surface area contributed by atoms with Crippen LogP contribution in [0.4, 0.5) is 0 Å². The molecule has 25 heavy (non-hydrogen) atoms. The van der Waals surface area contributed by atoms with Crippen molar-refractivity contribution in [2.24, 2.45) is 12.8 Å². The van der Waals surface area contributed by atoms with E-state index in [1.807, 2.05) is 30.3 Å². The van der Waals surface area contributed by atoms with E-state index in [-0.39, 0.29) is 11.1 Å². The maximum Gasteiger partial charge on any atom is 0.272 e. The molecule has 2 aromatic carbocycles. The zero-order valence-corrected chi connectivity index (χ0v) is 14.0. The molecule has 0 radical (unpaired) electrons. The van der Waals surface area contributed by atoms with Crippen molar-refractivity contribution in [3.63, 3.8) is 0 Å². The van der Waals surface area contributed by atoms with Crippen molar-refractivity contribution in [1.29, 1.82) is 5.26 Å². The highest BCUT2D eigenvalue weighted by Crippen LogP contribution is 2.43. The molecule has 124 valence electrons. The summed E-state index contributed by atoms with van der Waals surface area (Å²) in [5.41, 5.74) is 10.7. The molecule has 0 atom stereocenters. The Balaban J connectivity index is 1.78. The molecule has 0 spiro atoms. The van der Waals surface area contributed by atoms with Gasteiger partial charge in [-0.05, 0) is 48.2 Å². The summed E-state index contributed by atoms with van der Waals surface area (Å²) in [6.45, 7) is 0. The van der Waals surface area contributed by atoms with E-state index in [0.29, 0.717) is 17.7 Å². The number of hydrogen-bond acceptors (Lipinski definition) is 4. The number of fused-ring (bicyclic) bond motifs is 1. The third-order valence-electron chi connectivity index (χ3n) is 4.96. The van der Waals surface area contributed by atoms with Gasteiger partial charge in [-0.2, -0.15) is 5.26 Å². The molecule has 5 nitrogen and oxygen atoms in total. The molecule has 0 aliphatic heterocycles. The second-order valence-corrected chi connectivity index (χ2v) is 6.77. The van der Waals surface area contributed by atoms with Crippen LogP contribution in [0.1, 0.15) is 35.2 Å². The van der Waals surface area contributed by atoms with E-state index in [4.69, 9.17) is 11.0 Å². The lowest BCUT2D eigenvalue weighted by molar-refractivity contribution is 0.740. The van der Waals surface area contributed by atoms with Gasteiger partial charge in [-0.25, -0.2) is 4.98 Å². The summed E-state index contributed by atoms with van der Waals surface area (Å²) >= 11 is 0. The second kappa shape index (κ2) is 5.54. The molecule has 5 heteroatoms. The predicted octanol–water partition coefficient (Wildman–Crippen LogP) is 2.34. The average Bonchev–Trinajstić information content (AvgIpc) is 3.38. The summed E-state index contributed by atoms with van der Waals surface area (Å²) in [5.74, 6) is 0. The van der Waals surface area contributed by atoms with Crippen molar-refractivity contribution in [2.75, 3.05) is 0 Å². The average molecular weight is 330 g/mol. The molecule has 1 saturated carbocycles. The van der Waals surface area contributed by atoms with E-state index in [1.54, 1.807) is 23.7 Å². The van der Waals surface area contributed by atoms with Crippen LogP contribution in [0, 0.1) is 11.3 Å². The van der Waals surface area contributed by atoms with E-state index in [0.717, 1.165) is 35.0 Å². The van der Waals surface area contributed by atoms with E-state index in [2.05, 4.69) is 11.1 Å². The van der Waals surface area contributed by atoms with Gasteiger partial charge in [-0.15, -0.1) is 0 Å². The van der Waals surface area contributed by atoms with Crippen molar-refractivity contribution in [1.82, 2.24) is 9.55 Å². The highest BCUT2D eigenvalue weighted by molar-refractivity contribution is 5.76. The molecular weight excluding hydrogens is 312 g/mol. The Morgan fingerprint density at radius 2 is 1.96 bits per heavy atom. The van der Waals surface area contributed by atoms with Crippen LogP contribution >= 0.6 is 0 Å². The molecule has 0 saturated heterocycles. The summed E-state index contributed by atoms with van der Waals surface area (Å²) in [5, 5.41) is 8.89. The molecule has 0 amide bonds. The summed E-state index contributed by atoms with van der Waals surface area (Å²) in [6, 6.07) is 15.3. The van der Waals surface area contributed by atoms with Crippen molar-refractivity contribution in [2.45, 2.75) is 24.8 Å². The fraction of sp³-hybridized carbons (Fsp3) is 0.250. The van der Waals surface area contributed by atoms with Gasteiger partial charge in [0.15, 0.2) is 0 Å². The molecule has 1 aromatic heterocycles. The van der Waals surface area contributed by atoms with Gasteiger partial charge in [0, 0.05) is 19.0 Å². The molecule has 1 aliphatic carbocycles. The zero-order chi connectivity index (χ0) is 17.6. The third kappa shape index (κ3) is 2.71. The van der Waals surface area contributed by atoms with Crippen molar-refractivity contribution < 1.29 is 0 Å². The second-order valence-electron chi connectivity index (χ2n) is 6.77. The van der Waals surface area contributed by atoms with Crippen LogP contribution in [0.25, 0.3) is 11.0 Å². The van der Waals surface area contributed by atoms with Gasteiger partial charge >= 0.3 is 0 Å². The van der Waals surface area contributed by atoms with Crippen LogP contribution in [0.2, 0.25) is 0 Å². The van der Waals surface area contributed by atoms with E-state index in [9.17, 15) is 4.79 Å². The minimum absolute atomic E-state index is 0.0986. The molecule has 1 fully saturated rings. The maximum atomic E-state index is 12.6. The van der Waals surface area contributed by atoms with Gasteiger partial charge in [0.1, 0.15) is 5.69 Å². The first kappa shape index (κ1) is 15.6. The first-order valence-electron chi connectivity index (χ1n) is 8.28. The van der Waals surface area contributed by atoms with Crippen LogP contribution in [0.5, 0.6) is 0 Å². The number of aryl methyl sites for hydroxylation is 1. The van der Waals surface area contributed by atoms with Crippen LogP contribution in [0.15, 0.2) is 47.3 Å². The van der Waals surface area contributed by atoms with Gasteiger partial charge < -0.3 is 10.3 Å². The van der Waals surface area contributed by atoms with Crippen LogP contribution < -0.4 is 11.3 Å². The lowest BCUT2D eigenvalue weighted by atomic mass is 10.0. The van der Waals surface area contributed by atoms with Crippen molar-refractivity contribution in [3.05, 3.63) is 75.2 Å². The minimum Gasteiger partial charge on any atom is -0.321 e. The molecule has 0 bridgehead atoms. The van der Waals surface area contributed by atoms with Crippen LogP contribution in [-0.4, -0.2) is 9.55 Å². The molecular formula is C20H18N4O. The number of aromatic nitrogens is 2. The summed E-state index contributed by atoms with van der Waals surface area (Å²) in [4.78, 5) is 17.2. The standard InChI is InChI=1S/C20H18N4O/c1-24-18-7-6-15(20(22)8-9-20)11-16(18)23-17(19(24)25)10-13-2-4-14(12-21)5-3-13/h2-7,11H,8-10,22H2,1H3. The molecule has 3 aromatic rings. The van der Waals surface area contributed by atoms with E-state index >= 15 is 0 Å². The Morgan fingerprint density at radius 1 is 1.24 bits per heavy atom. The van der Waals surface area contributed by atoms with Gasteiger partial charge in [0.2, 0.25) is 0 Å². The fourth-order valence-corrected chi connectivity index (χ4v) is 3.13. The summed E-state index contributed by atoms with van der Waals surface area (Å²) in [6.07, 6.45) is 2.41. The molecule has 1 aliphatic rings. The number of nitrogens with two attached hydrogens (primary N) is 1. The summed E-state index contributed by atoms with van der Waals surface area (Å²) in [7, 11) is 1.77. The normalized spacial score (nSPS) is 15.1. The summed E-state index contributed by atoms with van der Waals surface area (Å²) < 4.78 is 1.64. The Kier molecular flexibility index (Phi) is 3.45. The van der Waals surface area contributed by atoms with Gasteiger partial charge in [0.25, 0.3) is 5.56 Å². The number of nitrogens with zero attached hydrogens (tertiary/aromatic N) is 3. The number of nitriles is 1. The minimum atomic E-state index is -0.224. The van der Waals surface area contributed by atoms with Crippen molar-refractivity contribution >= 4 is 11.0 Å². The topological polar surface area (TPSA) is 84.7 Å². The Bertz CT molecular complexity index is 1070. The number of rotatable bonds is 3. The third-order valence-corrected chi connectivity index (χ3v) is 4.96. The van der Waals surface area contributed by atoms with E-state index < -0.39 is 0 Å². The maximum absolute atomic E-state index is 12.6. The van der Waals surface area contributed by atoms with E-state index in [1.165, 1.54) is 0 Å². The Morgan fingerprint density at radius 3 is 2.60 bits per heavy atom. The number of benzene rings is 2. The fourth-order valence-electron chi connectivity index (χ4n) is 3.13. The van der Waals surface area contributed by atoms with Gasteiger partial charge in [-0.3, -0.25) is 4.79 Å². The monoisotopic (exact) mass is 330 g/mol. The van der Waals surface area contributed by atoms with Gasteiger partial charge in [-0.1, -0.05) is 18.2 Å². The highest BCUT2D eigenvalue weighted by Gasteiger charge is 2.40. The Hall–Kier alpha value is -2.97. The predicted molar refractivity (Wildman–Crippen MR) is 96.0 cm³/mol. The Labute approximate surface area is 145 Å². The quantitative estimate of drug-likeness (QED) is 0.799. The first-order valence-corrected chi connectivity index (χ1v) is 8.28. The van der Waals surface area contributed by atoms with Gasteiger partial charge in [0.05, 0.1) is 22.7 Å². The van der Waals surface area contributed by atoms with Crippen molar-refractivity contribution in [3.8, 4) is 6.07 Å². The lowest BCUT2D eigenvalue weighted by Crippen LogP contribution is -2.24. The van der Waals surface area contributed by atoms with Crippen LogP contribution in [-0.2, 0) is 19.0 Å². The largest absolute Gasteiger partial charge is 0.321 e. The SMILES string of the molecule is Cn1c(=O)c(Cc2ccc(C#N)cc2)nc2cc(C3(N)CC3)ccc21.